The molecule has 2 rings (SSSR count). The lowest BCUT2D eigenvalue weighted by molar-refractivity contribution is -0.119. The van der Waals surface area contributed by atoms with Crippen LogP contribution in [-0.4, -0.2) is 41.2 Å². The predicted octanol–water partition coefficient (Wildman–Crippen LogP) is 1.83. The first kappa shape index (κ1) is 18.8. The summed E-state index contributed by atoms with van der Waals surface area (Å²) < 4.78 is 25.3. The maximum atomic E-state index is 12.2. The molecule has 0 aliphatic rings. The van der Waals surface area contributed by atoms with Crippen LogP contribution in [0.25, 0.3) is 0 Å². The van der Waals surface area contributed by atoms with Crippen molar-refractivity contribution in [3.63, 3.8) is 0 Å². The monoisotopic (exact) mass is 361 g/mol. The molecular formula is C18H23N3O3S. The second-order valence-corrected chi connectivity index (χ2v) is 7.85. The van der Waals surface area contributed by atoms with Gasteiger partial charge >= 0.3 is 0 Å². The van der Waals surface area contributed by atoms with E-state index in [0.29, 0.717) is 12.2 Å². The first-order valence-corrected chi connectivity index (χ1v) is 9.68. The zero-order valence-corrected chi connectivity index (χ0v) is 15.5. The minimum Gasteiger partial charge on any atom is -0.378 e. The van der Waals surface area contributed by atoms with E-state index >= 15 is 0 Å². The number of hydrogen-bond acceptors (Lipinski definition) is 4. The number of nitrogens with one attached hydrogen (secondary N) is 1. The van der Waals surface area contributed by atoms with E-state index in [4.69, 9.17) is 0 Å². The van der Waals surface area contributed by atoms with Crippen molar-refractivity contribution in [2.24, 2.45) is 0 Å². The number of anilines is 2. The van der Waals surface area contributed by atoms with Gasteiger partial charge in [-0.15, -0.1) is 0 Å². The summed E-state index contributed by atoms with van der Waals surface area (Å²) in [5.74, 6) is -0.356. The average molecular weight is 361 g/mol. The van der Waals surface area contributed by atoms with Gasteiger partial charge in [0.25, 0.3) is 0 Å². The van der Waals surface area contributed by atoms with Gasteiger partial charge < -0.3 is 10.2 Å². The second kappa shape index (κ2) is 8.02. The number of sulfonamides is 1. The first-order valence-electron chi connectivity index (χ1n) is 7.83. The summed E-state index contributed by atoms with van der Waals surface area (Å²) in [5, 5.41) is 2.75. The summed E-state index contributed by atoms with van der Waals surface area (Å²) in [6, 6.07) is 16.5. The Morgan fingerprint density at radius 2 is 1.52 bits per heavy atom. The molecule has 0 spiro atoms. The van der Waals surface area contributed by atoms with Gasteiger partial charge in [0, 0.05) is 26.3 Å². The number of carbonyl (C=O) groups is 1. The molecule has 0 aromatic heterocycles. The summed E-state index contributed by atoms with van der Waals surface area (Å²) in [7, 11) is 0.236. The molecule has 6 nitrogen and oxygen atoms in total. The van der Waals surface area contributed by atoms with Crippen LogP contribution in [0.3, 0.4) is 0 Å². The van der Waals surface area contributed by atoms with Crippen LogP contribution in [0.2, 0.25) is 0 Å². The van der Waals surface area contributed by atoms with Crippen molar-refractivity contribution < 1.29 is 13.2 Å². The number of nitrogens with zero attached hydrogens (tertiary/aromatic N) is 2. The summed E-state index contributed by atoms with van der Waals surface area (Å²) in [6.45, 7) is 0.101. The van der Waals surface area contributed by atoms with E-state index in [1.807, 2.05) is 61.5 Å². The molecule has 0 unspecified atom stereocenters. The molecule has 0 heterocycles. The molecule has 0 saturated heterocycles. The maximum absolute atomic E-state index is 12.2. The normalized spacial score (nSPS) is 11.0. The minimum atomic E-state index is -3.57. The van der Waals surface area contributed by atoms with Crippen molar-refractivity contribution in [1.82, 2.24) is 5.32 Å². The number of carbonyl (C=O) groups excluding carboxylic acids is 1. The molecule has 0 aliphatic heterocycles. The molecular weight excluding hydrogens is 338 g/mol. The smallest absolute Gasteiger partial charge is 0.241 e. The Morgan fingerprint density at radius 1 is 0.960 bits per heavy atom. The molecule has 0 bridgehead atoms. The minimum absolute atomic E-state index is 0.257. The van der Waals surface area contributed by atoms with Gasteiger partial charge in [-0.25, -0.2) is 8.42 Å². The molecule has 0 atom stereocenters. The van der Waals surface area contributed by atoms with Crippen molar-refractivity contribution in [3.8, 4) is 0 Å². The Hall–Kier alpha value is -2.54. The Balaban J connectivity index is 2.09. The SMILES string of the molecule is CN(C)c1ccc(N(CC(=O)NCc2ccccc2)S(C)(=O)=O)cc1. The summed E-state index contributed by atoms with van der Waals surface area (Å²) in [5.41, 5.74) is 2.37. The van der Waals surface area contributed by atoms with Gasteiger partial charge in [-0.1, -0.05) is 30.3 Å². The van der Waals surface area contributed by atoms with Crippen molar-refractivity contribution in [1.29, 1.82) is 0 Å². The topological polar surface area (TPSA) is 69.7 Å². The highest BCUT2D eigenvalue weighted by atomic mass is 32.2. The van der Waals surface area contributed by atoms with E-state index in [0.717, 1.165) is 21.8 Å². The van der Waals surface area contributed by atoms with E-state index in [1.165, 1.54) is 0 Å². The predicted molar refractivity (Wildman–Crippen MR) is 101 cm³/mol. The molecule has 0 radical (unpaired) electrons. The molecule has 2 aromatic rings. The fourth-order valence-electron chi connectivity index (χ4n) is 2.30. The third-order valence-electron chi connectivity index (χ3n) is 3.67. The molecule has 1 amide bonds. The third kappa shape index (κ3) is 5.49. The van der Waals surface area contributed by atoms with Crippen molar-refractivity contribution in [2.75, 3.05) is 36.1 Å². The largest absolute Gasteiger partial charge is 0.378 e. The van der Waals surface area contributed by atoms with Crippen LogP contribution in [0.5, 0.6) is 0 Å². The van der Waals surface area contributed by atoms with Crippen LogP contribution in [0.4, 0.5) is 11.4 Å². The highest BCUT2D eigenvalue weighted by Gasteiger charge is 2.20. The van der Waals surface area contributed by atoms with Crippen molar-refractivity contribution in [2.45, 2.75) is 6.54 Å². The summed E-state index contributed by atoms with van der Waals surface area (Å²) >= 11 is 0. The quantitative estimate of drug-likeness (QED) is 0.817. The van der Waals surface area contributed by atoms with Crippen LogP contribution >= 0.6 is 0 Å². The van der Waals surface area contributed by atoms with E-state index in [-0.39, 0.29) is 12.5 Å². The van der Waals surface area contributed by atoms with Gasteiger partial charge in [-0.05, 0) is 29.8 Å². The Kier molecular flexibility index (Phi) is 6.03. The molecule has 2 aromatic carbocycles. The first-order chi connectivity index (χ1) is 11.8. The molecule has 25 heavy (non-hydrogen) atoms. The standard InChI is InChI=1S/C18H23N3O3S/c1-20(2)16-9-11-17(12-10-16)21(25(3,23)24)14-18(22)19-13-15-7-5-4-6-8-15/h4-12H,13-14H2,1-3H3,(H,19,22). The van der Waals surface area contributed by atoms with Gasteiger partial charge in [-0.2, -0.15) is 0 Å². The highest BCUT2D eigenvalue weighted by Crippen LogP contribution is 2.21. The van der Waals surface area contributed by atoms with Gasteiger partial charge in [0.2, 0.25) is 15.9 Å². The third-order valence-corrected chi connectivity index (χ3v) is 4.81. The Labute approximate surface area is 149 Å². The van der Waals surface area contributed by atoms with Crippen LogP contribution in [0.1, 0.15) is 5.56 Å². The Morgan fingerprint density at radius 3 is 2.04 bits per heavy atom. The zero-order valence-electron chi connectivity index (χ0n) is 14.6. The Bertz CT molecular complexity index is 803. The van der Waals surface area contributed by atoms with E-state index in [1.54, 1.807) is 12.1 Å². The van der Waals surface area contributed by atoms with Crippen LogP contribution < -0.4 is 14.5 Å². The zero-order chi connectivity index (χ0) is 18.4. The number of amides is 1. The van der Waals surface area contributed by atoms with Gasteiger partial charge in [-0.3, -0.25) is 9.10 Å². The fraction of sp³-hybridized carbons (Fsp3) is 0.278. The molecule has 0 saturated carbocycles. The maximum Gasteiger partial charge on any atom is 0.241 e. The second-order valence-electron chi connectivity index (χ2n) is 5.94. The lowest BCUT2D eigenvalue weighted by Crippen LogP contribution is -2.40. The molecule has 0 fully saturated rings. The van der Waals surface area contributed by atoms with Gasteiger partial charge in [0.05, 0.1) is 11.9 Å². The van der Waals surface area contributed by atoms with E-state index < -0.39 is 10.0 Å². The molecule has 1 N–H and O–H groups in total. The highest BCUT2D eigenvalue weighted by molar-refractivity contribution is 7.92. The number of rotatable bonds is 7. The molecule has 134 valence electrons. The van der Waals surface area contributed by atoms with Crippen LogP contribution in [0.15, 0.2) is 54.6 Å². The summed E-state index contributed by atoms with van der Waals surface area (Å²) in [4.78, 5) is 14.1. The molecule has 7 heteroatoms. The van der Waals surface area contributed by atoms with E-state index in [2.05, 4.69) is 5.32 Å². The fourth-order valence-corrected chi connectivity index (χ4v) is 3.16. The van der Waals surface area contributed by atoms with Crippen LogP contribution in [0, 0.1) is 0 Å². The lowest BCUT2D eigenvalue weighted by atomic mass is 10.2. The van der Waals surface area contributed by atoms with E-state index in [9.17, 15) is 13.2 Å². The molecule has 0 aliphatic carbocycles. The number of benzene rings is 2. The summed E-state index contributed by atoms with van der Waals surface area (Å²) in [6.07, 6.45) is 1.09. The van der Waals surface area contributed by atoms with Crippen LogP contribution in [-0.2, 0) is 21.4 Å². The van der Waals surface area contributed by atoms with Crippen molar-refractivity contribution >= 4 is 27.3 Å². The lowest BCUT2D eigenvalue weighted by Gasteiger charge is -2.23. The number of hydrogen-bond donors (Lipinski definition) is 1. The van der Waals surface area contributed by atoms with Gasteiger partial charge in [0.1, 0.15) is 6.54 Å². The van der Waals surface area contributed by atoms with Crippen molar-refractivity contribution in [3.05, 3.63) is 60.2 Å². The average Bonchev–Trinajstić information content (AvgIpc) is 2.58. The van der Waals surface area contributed by atoms with Gasteiger partial charge in [0.15, 0.2) is 0 Å².